The van der Waals surface area contributed by atoms with Crippen molar-refractivity contribution in [3.05, 3.63) is 29.8 Å². The fourth-order valence-corrected chi connectivity index (χ4v) is 2.21. The summed E-state index contributed by atoms with van der Waals surface area (Å²) in [5.74, 6) is 0. The van der Waals surface area contributed by atoms with Crippen LogP contribution in [0.25, 0.3) is 0 Å². The second kappa shape index (κ2) is 3.32. The zero-order valence-corrected chi connectivity index (χ0v) is 8.34. The molecule has 0 aliphatic rings. The summed E-state index contributed by atoms with van der Waals surface area (Å²) in [6.07, 6.45) is 0.637. The Bertz CT molecular complexity index is 316. The van der Waals surface area contributed by atoms with E-state index in [1.54, 1.807) is 13.3 Å². The van der Waals surface area contributed by atoms with Gasteiger partial charge in [0.05, 0.1) is 7.14 Å². The molecule has 0 spiro atoms. The largest absolute Gasteiger partial charge is 0.399 e. The SMILES string of the molecule is CP(C)(=O)Cc1cccc(N)c1. The quantitative estimate of drug-likeness (QED) is 0.565. The molecule has 0 aliphatic heterocycles. The Morgan fingerprint density at radius 2 is 2.08 bits per heavy atom. The molecule has 0 fully saturated rings. The molecule has 0 radical (unpaired) electrons. The van der Waals surface area contributed by atoms with Gasteiger partial charge >= 0.3 is 0 Å². The lowest BCUT2D eigenvalue weighted by Gasteiger charge is -2.06. The molecule has 0 unspecified atom stereocenters. The zero-order valence-electron chi connectivity index (χ0n) is 7.45. The highest BCUT2D eigenvalue weighted by molar-refractivity contribution is 7.61. The number of anilines is 1. The van der Waals surface area contributed by atoms with Crippen molar-refractivity contribution >= 4 is 12.8 Å². The molecule has 1 rings (SSSR count). The second-order valence-corrected chi connectivity index (χ2v) is 6.94. The van der Waals surface area contributed by atoms with Gasteiger partial charge in [0.2, 0.25) is 0 Å². The summed E-state index contributed by atoms with van der Waals surface area (Å²) in [7, 11) is -1.96. The van der Waals surface area contributed by atoms with Crippen molar-refractivity contribution in [2.24, 2.45) is 0 Å². The van der Waals surface area contributed by atoms with Gasteiger partial charge in [0, 0.05) is 11.8 Å². The van der Waals surface area contributed by atoms with E-state index in [0.29, 0.717) is 6.16 Å². The third-order valence-electron chi connectivity index (χ3n) is 1.51. The van der Waals surface area contributed by atoms with Gasteiger partial charge in [-0.1, -0.05) is 12.1 Å². The van der Waals surface area contributed by atoms with Crippen LogP contribution in [0, 0.1) is 0 Å². The first-order valence-corrected chi connectivity index (χ1v) is 6.64. The van der Waals surface area contributed by atoms with E-state index in [0.717, 1.165) is 11.3 Å². The summed E-state index contributed by atoms with van der Waals surface area (Å²) in [6, 6.07) is 7.55. The normalized spacial score (nSPS) is 11.5. The Morgan fingerprint density at radius 1 is 1.42 bits per heavy atom. The van der Waals surface area contributed by atoms with E-state index in [-0.39, 0.29) is 0 Å². The molecule has 3 heteroatoms. The standard InChI is InChI=1S/C9H14NOP/c1-12(2,11)7-8-4-3-5-9(10)6-8/h3-6H,7,10H2,1-2H3. The molecule has 2 nitrogen and oxygen atoms in total. The van der Waals surface area contributed by atoms with E-state index >= 15 is 0 Å². The lowest BCUT2D eigenvalue weighted by molar-refractivity contribution is 0.582. The second-order valence-electron chi connectivity index (χ2n) is 3.48. The third-order valence-corrected chi connectivity index (χ3v) is 2.64. The molecular weight excluding hydrogens is 169 g/mol. The van der Waals surface area contributed by atoms with Crippen LogP contribution in [0.2, 0.25) is 0 Å². The molecule has 1 aromatic rings. The van der Waals surface area contributed by atoms with Crippen molar-refractivity contribution in [3.63, 3.8) is 0 Å². The highest BCUT2D eigenvalue weighted by Gasteiger charge is 2.07. The van der Waals surface area contributed by atoms with Crippen LogP contribution in [0.1, 0.15) is 5.56 Å². The summed E-state index contributed by atoms with van der Waals surface area (Å²) in [4.78, 5) is 0. The minimum atomic E-state index is -1.96. The first-order chi connectivity index (χ1) is 5.47. The highest BCUT2D eigenvalue weighted by atomic mass is 31.2. The molecule has 0 aliphatic carbocycles. The Morgan fingerprint density at radius 3 is 2.58 bits per heavy atom. The molecule has 2 N–H and O–H groups in total. The summed E-state index contributed by atoms with van der Waals surface area (Å²) in [5.41, 5.74) is 7.38. The monoisotopic (exact) mass is 183 g/mol. The van der Waals surface area contributed by atoms with Gasteiger partial charge < -0.3 is 10.3 Å². The maximum atomic E-state index is 11.5. The number of benzene rings is 1. The first kappa shape index (κ1) is 9.34. The number of nitrogen functional groups attached to an aromatic ring is 1. The number of hydrogen-bond acceptors (Lipinski definition) is 2. The molecule has 12 heavy (non-hydrogen) atoms. The molecule has 0 amide bonds. The van der Waals surface area contributed by atoms with Gasteiger partial charge in [-0.2, -0.15) is 0 Å². The van der Waals surface area contributed by atoms with Crippen molar-refractivity contribution in [3.8, 4) is 0 Å². The van der Waals surface area contributed by atoms with Crippen molar-refractivity contribution in [2.45, 2.75) is 6.16 Å². The summed E-state index contributed by atoms with van der Waals surface area (Å²) >= 11 is 0. The molecule has 0 bridgehead atoms. The van der Waals surface area contributed by atoms with Gasteiger partial charge in [-0.25, -0.2) is 0 Å². The number of rotatable bonds is 2. The van der Waals surface area contributed by atoms with Crippen LogP contribution in [0.3, 0.4) is 0 Å². The topological polar surface area (TPSA) is 43.1 Å². The lowest BCUT2D eigenvalue weighted by Crippen LogP contribution is -1.89. The van der Waals surface area contributed by atoms with Crippen molar-refractivity contribution in [2.75, 3.05) is 19.1 Å². The summed E-state index contributed by atoms with van der Waals surface area (Å²) in [5, 5.41) is 0. The van der Waals surface area contributed by atoms with E-state index in [2.05, 4.69) is 0 Å². The predicted octanol–water partition coefficient (Wildman–Crippen LogP) is 2.39. The predicted molar refractivity (Wildman–Crippen MR) is 54.0 cm³/mol. The molecule has 0 heterocycles. The van der Waals surface area contributed by atoms with Crippen LogP contribution in [0.4, 0.5) is 5.69 Å². The fourth-order valence-electron chi connectivity index (χ4n) is 1.13. The number of nitrogens with two attached hydrogens (primary N) is 1. The van der Waals surface area contributed by atoms with E-state index < -0.39 is 7.14 Å². The summed E-state index contributed by atoms with van der Waals surface area (Å²) < 4.78 is 11.5. The van der Waals surface area contributed by atoms with Gasteiger partial charge in [0.25, 0.3) is 0 Å². The molecular formula is C9H14NOP. The first-order valence-electron chi connectivity index (χ1n) is 3.86. The van der Waals surface area contributed by atoms with E-state index in [1.807, 2.05) is 24.3 Å². The Kier molecular flexibility index (Phi) is 2.58. The van der Waals surface area contributed by atoms with Gasteiger partial charge in [-0.05, 0) is 31.0 Å². The minimum Gasteiger partial charge on any atom is -0.399 e. The maximum absolute atomic E-state index is 11.5. The van der Waals surface area contributed by atoms with Gasteiger partial charge in [-0.15, -0.1) is 0 Å². The van der Waals surface area contributed by atoms with Crippen LogP contribution < -0.4 is 5.73 Å². The highest BCUT2D eigenvalue weighted by Crippen LogP contribution is 2.40. The average molecular weight is 183 g/mol. The molecule has 0 atom stereocenters. The lowest BCUT2D eigenvalue weighted by atomic mass is 10.2. The third kappa shape index (κ3) is 3.10. The Hall–Kier alpha value is -0.750. The van der Waals surface area contributed by atoms with E-state index in [4.69, 9.17) is 5.73 Å². The van der Waals surface area contributed by atoms with E-state index in [1.165, 1.54) is 0 Å². The van der Waals surface area contributed by atoms with E-state index in [9.17, 15) is 4.57 Å². The van der Waals surface area contributed by atoms with Crippen LogP contribution in [-0.4, -0.2) is 13.3 Å². The molecule has 1 aromatic carbocycles. The van der Waals surface area contributed by atoms with Crippen molar-refractivity contribution in [1.82, 2.24) is 0 Å². The summed E-state index contributed by atoms with van der Waals surface area (Å²) in [6.45, 7) is 3.58. The zero-order chi connectivity index (χ0) is 9.19. The molecule has 0 saturated carbocycles. The van der Waals surface area contributed by atoms with Crippen molar-refractivity contribution in [1.29, 1.82) is 0 Å². The van der Waals surface area contributed by atoms with Crippen LogP contribution in [-0.2, 0) is 10.7 Å². The average Bonchev–Trinajstić information content (AvgIpc) is 1.82. The van der Waals surface area contributed by atoms with Gasteiger partial charge in [0.1, 0.15) is 0 Å². The fraction of sp³-hybridized carbons (Fsp3) is 0.333. The van der Waals surface area contributed by atoms with Gasteiger partial charge in [0.15, 0.2) is 0 Å². The minimum absolute atomic E-state index is 0.637. The molecule has 0 aromatic heterocycles. The number of hydrogen-bond donors (Lipinski definition) is 1. The Balaban J connectivity index is 2.84. The van der Waals surface area contributed by atoms with Crippen LogP contribution >= 0.6 is 7.14 Å². The van der Waals surface area contributed by atoms with Gasteiger partial charge in [-0.3, -0.25) is 0 Å². The van der Waals surface area contributed by atoms with Crippen LogP contribution in [0.5, 0.6) is 0 Å². The maximum Gasteiger partial charge on any atom is 0.0861 e. The molecule has 0 saturated heterocycles. The van der Waals surface area contributed by atoms with Crippen LogP contribution in [0.15, 0.2) is 24.3 Å². The smallest absolute Gasteiger partial charge is 0.0861 e. The Labute approximate surface area is 73.2 Å². The molecule has 66 valence electrons. The van der Waals surface area contributed by atoms with Crippen molar-refractivity contribution < 1.29 is 4.57 Å².